The monoisotopic (exact) mass is 246 g/mol. The van der Waals surface area contributed by atoms with Crippen molar-refractivity contribution in [2.45, 2.75) is 32.2 Å². The predicted molar refractivity (Wildman–Crippen MR) is 68.4 cm³/mol. The molecule has 18 heavy (non-hydrogen) atoms. The summed E-state index contributed by atoms with van der Waals surface area (Å²) in [4.78, 5) is 0. The highest BCUT2D eigenvalue weighted by Gasteiger charge is 2.17. The number of rotatable bonds is 6. The number of benzene rings is 1. The molecule has 1 aliphatic rings. The second kappa shape index (κ2) is 6.27. The van der Waals surface area contributed by atoms with E-state index in [2.05, 4.69) is 18.3 Å². The number of nitrogens with one attached hydrogen (secondary N) is 1. The average molecular weight is 246 g/mol. The summed E-state index contributed by atoms with van der Waals surface area (Å²) in [5, 5.41) is 12.5. The van der Waals surface area contributed by atoms with Crippen LogP contribution in [0.15, 0.2) is 18.2 Å². The molecule has 0 bridgehead atoms. The van der Waals surface area contributed by atoms with Crippen molar-refractivity contribution in [3.8, 4) is 17.6 Å². The van der Waals surface area contributed by atoms with Gasteiger partial charge in [-0.1, -0.05) is 25.8 Å². The molecule has 1 N–H and O–H groups in total. The van der Waals surface area contributed by atoms with E-state index in [0.29, 0.717) is 0 Å². The van der Waals surface area contributed by atoms with E-state index in [1.54, 1.807) is 0 Å². The van der Waals surface area contributed by atoms with Crippen molar-refractivity contribution in [1.82, 2.24) is 5.32 Å². The third-order valence-corrected chi connectivity index (χ3v) is 2.99. The second-order valence-electron chi connectivity index (χ2n) is 4.34. The highest BCUT2D eigenvalue weighted by Crippen LogP contribution is 2.34. The number of unbranched alkanes of at least 4 members (excludes halogenated alkanes) is 2. The Bertz CT molecular complexity index is 440. The van der Waals surface area contributed by atoms with Gasteiger partial charge in [0.1, 0.15) is 6.04 Å². The number of ether oxygens (including phenoxy) is 2. The first kappa shape index (κ1) is 12.7. The molecule has 1 heterocycles. The third-order valence-electron chi connectivity index (χ3n) is 2.99. The largest absolute Gasteiger partial charge is 0.454 e. The van der Waals surface area contributed by atoms with Crippen molar-refractivity contribution in [2.75, 3.05) is 13.3 Å². The highest BCUT2D eigenvalue weighted by molar-refractivity contribution is 5.46. The standard InChI is InChI=1S/C14H18N2O2/c1-2-3-4-7-16-12(9-15)11-5-6-13-14(8-11)18-10-17-13/h5-6,8,12,16H,2-4,7,10H2,1H3. The van der Waals surface area contributed by atoms with Gasteiger partial charge >= 0.3 is 0 Å². The van der Waals surface area contributed by atoms with Crippen LogP contribution in [-0.4, -0.2) is 13.3 Å². The van der Waals surface area contributed by atoms with Crippen LogP contribution in [0.25, 0.3) is 0 Å². The van der Waals surface area contributed by atoms with Crippen molar-refractivity contribution >= 4 is 0 Å². The molecule has 1 aromatic rings. The molecule has 0 spiro atoms. The first-order valence-corrected chi connectivity index (χ1v) is 6.37. The molecule has 1 aromatic carbocycles. The van der Waals surface area contributed by atoms with Crippen LogP contribution < -0.4 is 14.8 Å². The summed E-state index contributed by atoms with van der Waals surface area (Å²) in [5.41, 5.74) is 0.929. The topological polar surface area (TPSA) is 54.3 Å². The maximum absolute atomic E-state index is 9.20. The van der Waals surface area contributed by atoms with Gasteiger partial charge in [0.05, 0.1) is 6.07 Å². The number of nitrogens with zero attached hydrogens (tertiary/aromatic N) is 1. The Morgan fingerprint density at radius 3 is 2.94 bits per heavy atom. The molecule has 4 heteroatoms. The molecule has 1 atom stereocenters. The van der Waals surface area contributed by atoms with Crippen molar-refractivity contribution < 1.29 is 9.47 Å². The summed E-state index contributed by atoms with van der Waals surface area (Å²) in [7, 11) is 0. The fraction of sp³-hybridized carbons (Fsp3) is 0.500. The lowest BCUT2D eigenvalue weighted by atomic mass is 10.1. The van der Waals surface area contributed by atoms with E-state index in [4.69, 9.17) is 9.47 Å². The zero-order chi connectivity index (χ0) is 12.8. The Labute approximate surface area is 108 Å². The molecule has 2 rings (SSSR count). The van der Waals surface area contributed by atoms with Gasteiger partial charge in [-0.25, -0.2) is 0 Å². The third kappa shape index (κ3) is 2.93. The molecule has 0 radical (unpaired) electrons. The predicted octanol–water partition coefficient (Wildman–Crippen LogP) is 2.76. The minimum absolute atomic E-state index is 0.264. The Morgan fingerprint density at radius 1 is 1.33 bits per heavy atom. The van der Waals surface area contributed by atoms with Crippen molar-refractivity contribution in [3.05, 3.63) is 23.8 Å². The van der Waals surface area contributed by atoms with Crippen LogP contribution in [-0.2, 0) is 0 Å². The van der Waals surface area contributed by atoms with E-state index < -0.39 is 0 Å². The zero-order valence-corrected chi connectivity index (χ0v) is 10.6. The molecular weight excluding hydrogens is 228 g/mol. The molecule has 0 aliphatic carbocycles. The molecule has 4 nitrogen and oxygen atoms in total. The summed E-state index contributed by atoms with van der Waals surface area (Å²) in [6.45, 7) is 3.29. The lowest BCUT2D eigenvalue weighted by molar-refractivity contribution is 0.174. The summed E-state index contributed by atoms with van der Waals surface area (Å²) in [6.07, 6.45) is 3.47. The van der Waals surface area contributed by atoms with Crippen molar-refractivity contribution in [1.29, 1.82) is 5.26 Å². The molecule has 1 unspecified atom stereocenters. The highest BCUT2D eigenvalue weighted by atomic mass is 16.7. The fourth-order valence-electron chi connectivity index (χ4n) is 1.95. The number of hydrogen-bond acceptors (Lipinski definition) is 4. The minimum Gasteiger partial charge on any atom is -0.454 e. The lowest BCUT2D eigenvalue weighted by Crippen LogP contribution is -2.21. The van der Waals surface area contributed by atoms with E-state index in [0.717, 1.165) is 30.0 Å². The van der Waals surface area contributed by atoms with Crippen LogP contribution in [0.3, 0.4) is 0 Å². The van der Waals surface area contributed by atoms with Gasteiger partial charge in [0, 0.05) is 0 Å². The van der Waals surface area contributed by atoms with Crippen LogP contribution in [0.2, 0.25) is 0 Å². The fourth-order valence-corrected chi connectivity index (χ4v) is 1.95. The number of nitriles is 1. The van der Waals surface area contributed by atoms with E-state index in [1.165, 1.54) is 12.8 Å². The Kier molecular flexibility index (Phi) is 4.43. The summed E-state index contributed by atoms with van der Waals surface area (Å²) >= 11 is 0. The van der Waals surface area contributed by atoms with Crippen LogP contribution in [0, 0.1) is 11.3 Å². The van der Waals surface area contributed by atoms with Crippen molar-refractivity contribution in [2.24, 2.45) is 0 Å². The molecule has 0 saturated carbocycles. The van der Waals surface area contributed by atoms with E-state index in [9.17, 15) is 5.26 Å². The first-order chi connectivity index (χ1) is 8.85. The Morgan fingerprint density at radius 2 is 2.17 bits per heavy atom. The van der Waals surface area contributed by atoms with Gasteiger partial charge in [-0.2, -0.15) is 5.26 Å². The average Bonchev–Trinajstić information content (AvgIpc) is 2.86. The van der Waals surface area contributed by atoms with Gasteiger partial charge < -0.3 is 9.47 Å². The zero-order valence-electron chi connectivity index (χ0n) is 10.6. The van der Waals surface area contributed by atoms with Crippen LogP contribution in [0.1, 0.15) is 37.8 Å². The van der Waals surface area contributed by atoms with Crippen LogP contribution in [0.4, 0.5) is 0 Å². The van der Waals surface area contributed by atoms with Gasteiger partial charge in [0.25, 0.3) is 0 Å². The summed E-state index contributed by atoms with van der Waals surface area (Å²) in [5.74, 6) is 1.48. The number of fused-ring (bicyclic) bond motifs is 1. The molecular formula is C14H18N2O2. The quantitative estimate of drug-likeness (QED) is 0.784. The summed E-state index contributed by atoms with van der Waals surface area (Å²) < 4.78 is 10.6. The van der Waals surface area contributed by atoms with Crippen molar-refractivity contribution in [3.63, 3.8) is 0 Å². The lowest BCUT2D eigenvalue weighted by Gasteiger charge is -2.12. The SMILES string of the molecule is CCCCCNC(C#N)c1ccc2c(c1)OCO2. The molecule has 0 aromatic heterocycles. The van der Waals surface area contributed by atoms with Gasteiger partial charge in [-0.05, 0) is 30.7 Å². The van der Waals surface area contributed by atoms with Crippen LogP contribution in [0.5, 0.6) is 11.5 Å². The molecule has 0 fully saturated rings. The van der Waals surface area contributed by atoms with Gasteiger partial charge in [-0.3, -0.25) is 5.32 Å². The Balaban J connectivity index is 1.97. The maximum atomic E-state index is 9.20. The first-order valence-electron chi connectivity index (χ1n) is 6.37. The van der Waals surface area contributed by atoms with Gasteiger partial charge in [-0.15, -0.1) is 0 Å². The summed E-state index contributed by atoms with van der Waals surface area (Å²) in [6, 6.07) is 7.64. The van der Waals surface area contributed by atoms with E-state index in [1.807, 2.05) is 18.2 Å². The molecule has 0 amide bonds. The molecule has 96 valence electrons. The maximum Gasteiger partial charge on any atom is 0.231 e. The normalized spacial score (nSPS) is 14.2. The van der Waals surface area contributed by atoms with Crippen LogP contribution >= 0.6 is 0 Å². The molecule has 0 saturated heterocycles. The smallest absolute Gasteiger partial charge is 0.231 e. The Hall–Kier alpha value is -1.73. The minimum atomic E-state index is -0.281. The van der Waals surface area contributed by atoms with Gasteiger partial charge in [0.2, 0.25) is 6.79 Å². The number of hydrogen-bond donors (Lipinski definition) is 1. The second-order valence-corrected chi connectivity index (χ2v) is 4.34. The van der Waals surface area contributed by atoms with Gasteiger partial charge in [0.15, 0.2) is 11.5 Å². The van der Waals surface area contributed by atoms with E-state index in [-0.39, 0.29) is 12.8 Å². The molecule has 1 aliphatic heterocycles. The van der Waals surface area contributed by atoms with E-state index >= 15 is 0 Å².